The van der Waals surface area contributed by atoms with Gasteiger partial charge in [-0.2, -0.15) is 10.2 Å². The summed E-state index contributed by atoms with van der Waals surface area (Å²) in [7, 11) is 0. The number of H-pyrrole nitrogens is 1. The summed E-state index contributed by atoms with van der Waals surface area (Å²) in [4.78, 5) is 11.5. The molecule has 90 valence electrons. The van der Waals surface area contributed by atoms with Crippen LogP contribution in [0.4, 0.5) is 0 Å². The molecule has 0 aliphatic rings. The zero-order valence-electron chi connectivity index (χ0n) is 9.30. The molecule has 0 saturated heterocycles. The second-order valence-electron chi connectivity index (χ2n) is 3.90. The van der Waals surface area contributed by atoms with E-state index in [1.807, 2.05) is 30.3 Å². The SMILES string of the molecule is O=c1[nH]ncc2c(Cl)n(Cc3ccccc3)nc12. The van der Waals surface area contributed by atoms with Crippen molar-refractivity contribution >= 4 is 22.5 Å². The minimum absolute atomic E-state index is 0.311. The highest BCUT2D eigenvalue weighted by Gasteiger charge is 2.12. The average Bonchev–Trinajstić information content (AvgIpc) is 2.70. The van der Waals surface area contributed by atoms with Crippen molar-refractivity contribution in [3.05, 3.63) is 57.6 Å². The molecule has 3 aromatic rings. The van der Waals surface area contributed by atoms with Gasteiger partial charge in [0, 0.05) is 0 Å². The lowest BCUT2D eigenvalue weighted by Gasteiger charge is -2.02. The van der Waals surface area contributed by atoms with Crippen LogP contribution < -0.4 is 5.56 Å². The summed E-state index contributed by atoms with van der Waals surface area (Å²) in [5, 5.41) is 11.3. The largest absolute Gasteiger partial charge is 0.292 e. The summed E-state index contributed by atoms with van der Waals surface area (Å²) in [5.41, 5.74) is 1.05. The molecule has 0 atom stereocenters. The van der Waals surface area contributed by atoms with E-state index in [2.05, 4.69) is 15.3 Å². The number of aromatic nitrogens is 4. The van der Waals surface area contributed by atoms with Crippen LogP contribution in [0.2, 0.25) is 5.15 Å². The first kappa shape index (κ1) is 11.0. The van der Waals surface area contributed by atoms with Crippen molar-refractivity contribution in [1.29, 1.82) is 0 Å². The van der Waals surface area contributed by atoms with Crippen molar-refractivity contribution in [2.75, 3.05) is 0 Å². The fourth-order valence-electron chi connectivity index (χ4n) is 1.81. The molecular formula is C12H9ClN4O. The van der Waals surface area contributed by atoms with Gasteiger partial charge in [-0.25, -0.2) is 9.78 Å². The Hall–Kier alpha value is -2.14. The Kier molecular flexibility index (Phi) is 2.60. The number of nitrogens with zero attached hydrogens (tertiary/aromatic N) is 3. The molecule has 0 aliphatic carbocycles. The third-order valence-electron chi connectivity index (χ3n) is 2.67. The summed E-state index contributed by atoms with van der Waals surface area (Å²) in [6.45, 7) is 0.522. The predicted octanol–water partition coefficient (Wildman–Crippen LogP) is 1.82. The molecule has 0 amide bonds. The summed E-state index contributed by atoms with van der Waals surface area (Å²) in [6, 6.07) is 9.79. The molecule has 0 radical (unpaired) electrons. The van der Waals surface area contributed by atoms with Gasteiger partial charge in [0.1, 0.15) is 5.15 Å². The monoisotopic (exact) mass is 260 g/mol. The van der Waals surface area contributed by atoms with Crippen LogP contribution in [-0.2, 0) is 6.54 Å². The summed E-state index contributed by atoms with van der Waals surface area (Å²) < 4.78 is 1.60. The van der Waals surface area contributed by atoms with Crippen LogP contribution in [0.3, 0.4) is 0 Å². The summed E-state index contributed by atoms with van der Waals surface area (Å²) in [6.07, 6.45) is 1.51. The third-order valence-corrected chi connectivity index (χ3v) is 3.07. The Morgan fingerprint density at radius 3 is 2.78 bits per heavy atom. The van der Waals surface area contributed by atoms with Gasteiger partial charge < -0.3 is 0 Å². The molecule has 2 aromatic heterocycles. The van der Waals surface area contributed by atoms with Crippen LogP contribution in [0.25, 0.3) is 10.9 Å². The lowest BCUT2D eigenvalue weighted by Crippen LogP contribution is -2.08. The van der Waals surface area contributed by atoms with Gasteiger partial charge in [-0.15, -0.1) is 0 Å². The molecule has 0 saturated carbocycles. The first-order valence-electron chi connectivity index (χ1n) is 5.39. The van der Waals surface area contributed by atoms with Crippen LogP contribution in [0.5, 0.6) is 0 Å². The van der Waals surface area contributed by atoms with Crippen molar-refractivity contribution in [3.63, 3.8) is 0 Å². The van der Waals surface area contributed by atoms with Gasteiger partial charge in [-0.1, -0.05) is 41.9 Å². The fraction of sp³-hybridized carbons (Fsp3) is 0.0833. The van der Waals surface area contributed by atoms with E-state index in [1.165, 1.54) is 6.20 Å². The normalized spacial score (nSPS) is 10.9. The number of fused-ring (bicyclic) bond motifs is 1. The number of rotatable bonds is 2. The summed E-state index contributed by atoms with van der Waals surface area (Å²) in [5.74, 6) is 0. The Morgan fingerprint density at radius 1 is 1.28 bits per heavy atom. The highest BCUT2D eigenvalue weighted by atomic mass is 35.5. The zero-order valence-corrected chi connectivity index (χ0v) is 10.1. The van der Waals surface area contributed by atoms with Crippen molar-refractivity contribution in [1.82, 2.24) is 20.0 Å². The summed E-state index contributed by atoms with van der Waals surface area (Å²) >= 11 is 6.19. The van der Waals surface area contributed by atoms with Gasteiger partial charge in [0.25, 0.3) is 5.56 Å². The van der Waals surface area contributed by atoms with E-state index in [9.17, 15) is 4.79 Å². The van der Waals surface area contributed by atoms with E-state index < -0.39 is 0 Å². The lowest BCUT2D eigenvalue weighted by molar-refractivity contribution is 0.695. The van der Waals surface area contributed by atoms with Crippen molar-refractivity contribution < 1.29 is 0 Å². The maximum absolute atomic E-state index is 11.5. The molecule has 2 heterocycles. The Morgan fingerprint density at radius 2 is 2.06 bits per heavy atom. The second kappa shape index (κ2) is 4.27. The van der Waals surface area contributed by atoms with E-state index in [4.69, 9.17) is 11.6 Å². The quantitative estimate of drug-likeness (QED) is 0.764. The third kappa shape index (κ3) is 1.78. The number of halogens is 1. The molecule has 0 bridgehead atoms. The van der Waals surface area contributed by atoms with E-state index in [-0.39, 0.29) is 5.56 Å². The minimum Gasteiger partial charge on any atom is -0.265 e. The molecular weight excluding hydrogens is 252 g/mol. The molecule has 0 fully saturated rings. The van der Waals surface area contributed by atoms with E-state index in [1.54, 1.807) is 4.68 Å². The van der Waals surface area contributed by atoms with E-state index in [0.717, 1.165) is 5.56 Å². The second-order valence-corrected chi connectivity index (χ2v) is 4.25. The van der Waals surface area contributed by atoms with Crippen LogP contribution in [0.15, 0.2) is 41.3 Å². The van der Waals surface area contributed by atoms with Gasteiger partial charge in [-0.05, 0) is 5.56 Å². The molecule has 18 heavy (non-hydrogen) atoms. The van der Waals surface area contributed by atoms with Gasteiger partial charge in [0.15, 0.2) is 5.52 Å². The molecule has 5 nitrogen and oxygen atoms in total. The maximum Gasteiger partial charge on any atom is 0.292 e. The van der Waals surface area contributed by atoms with Gasteiger partial charge >= 0.3 is 0 Å². The zero-order chi connectivity index (χ0) is 12.5. The van der Waals surface area contributed by atoms with Crippen molar-refractivity contribution in [3.8, 4) is 0 Å². The van der Waals surface area contributed by atoms with Crippen molar-refractivity contribution in [2.24, 2.45) is 0 Å². The molecule has 3 rings (SSSR count). The number of benzene rings is 1. The average molecular weight is 261 g/mol. The van der Waals surface area contributed by atoms with Crippen LogP contribution in [0.1, 0.15) is 5.56 Å². The van der Waals surface area contributed by atoms with E-state index >= 15 is 0 Å². The standard InChI is InChI=1S/C12H9ClN4O/c13-11-9-6-14-15-12(18)10(9)16-17(11)7-8-4-2-1-3-5-8/h1-6H,7H2,(H,15,18). The topological polar surface area (TPSA) is 63.6 Å². The van der Waals surface area contributed by atoms with Gasteiger partial charge in [-0.3, -0.25) is 4.79 Å². The molecule has 0 aliphatic heterocycles. The van der Waals surface area contributed by atoms with E-state index in [0.29, 0.717) is 22.6 Å². The first-order chi connectivity index (χ1) is 8.75. The highest BCUT2D eigenvalue weighted by molar-refractivity contribution is 6.34. The highest BCUT2D eigenvalue weighted by Crippen LogP contribution is 2.20. The van der Waals surface area contributed by atoms with Crippen molar-refractivity contribution in [2.45, 2.75) is 6.54 Å². The molecule has 1 aromatic carbocycles. The molecule has 1 N–H and O–H groups in total. The molecule has 0 spiro atoms. The lowest BCUT2D eigenvalue weighted by atomic mass is 10.2. The smallest absolute Gasteiger partial charge is 0.265 e. The first-order valence-corrected chi connectivity index (χ1v) is 5.77. The fourth-order valence-corrected chi connectivity index (χ4v) is 2.04. The van der Waals surface area contributed by atoms with Gasteiger partial charge in [0.2, 0.25) is 0 Å². The number of hydrogen-bond acceptors (Lipinski definition) is 3. The van der Waals surface area contributed by atoms with Gasteiger partial charge in [0.05, 0.1) is 18.1 Å². The van der Waals surface area contributed by atoms with Crippen LogP contribution in [-0.4, -0.2) is 20.0 Å². The number of nitrogens with one attached hydrogen (secondary N) is 1. The number of aromatic amines is 1. The predicted molar refractivity (Wildman–Crippen MR) is 68.7 cm³/mol. The Balaban J connectivity index is 2.11. The molecule has 6 heteroatoms. The van der Waals surface area contributed by atoms with Crippen LogP contribution in [0, 0.1) is 0 Å². The van der Waals surface area contributed by atoms with Crippen LogP contribution >= 0.6 is 11.6 Å². The maximum atomic E-state index is 11.5. The number of hydrogen-bond donors (Lipinski definition) is 1. The Labute approximate surface area is 107 Å². The Bertz CT molecular complexity index is 748. The molecule has 0 unspecified atom stereocenters. The minimum atomic E-state index is -0.332.